The highest BCUT2D eigenvalue weighted by atomic mass is 79.9. The highest BCUT2D eigenvalue weighted by Gasteiger charge is 2.12. The van der Waals surface area contributed by atoms with E-state index < -0.39 is 0 Å². The zero-order valence-electron chi connectivity index (χ0n) is 10.9. The highest BCUT2D eigenvalue weighted by Crippen LogP contribution is 2.22. The third-order valence-electron chi connectivity index (χ3n) is 3.28. The lowest BCUT2D eigenvalue weighted by Gasteiger charge is -2.12. The second-order valence-electron chi connectivity index (χ2n) is 4.57. The van der Waals surface area contributed by atoms with Crippen LogP contribution in [0.25, 0.3) is 16.5 Å². The van der Waals surface area contributed by atoms with E-state index in [0.717, 1.165) is 9.86 Å². The molecule has 3 aromatic rings. The number of anilines is 1. The minimum atomic E-state index is -0.232. The zero-order valence-corrected chi connectivity index (χ0v) is 12.5. The topological polar surface area (TPSA) is 71.8 Å². The number of nitrogens with two attached hydrogens (primary N) is 1. The first-order valence-corrected chi connectivity index (χ1v) is 7.01. The van der Waals surface area contributed by atoms with Gasteiger partial charge in [-0.15, -0.1) is 0 Å². The van der Waals surface area contributed by atoms with Crippen molar-refractivity contribution in [2.24, 2.45) is 0 Å². The summed E-state index contributed by atoms with van der Waals surface area (Å²) in [4.78, 5) is 12.7. The number of fused-ring (bicyclic) bond motifs is 1. The summed E-state index contributed by atoms with van der Waals surface area (Å²) in [5.74, 6) is 0.303. The summed E-state index contributed by atoms with van der Waals surface area (Å²) >= 11 is 3.32. The summed E-state index contributed by atoms with van der Waals surface area (Å²) in [6, 6.07) is 16.2. The largest absolute Gasteiger partial charge is 0.385 e. The van der Waals surface area contributed by atoms with Crippen LogP contribution < -0.4 is 11.3 Å². The van der Waals surface area contributed by atoms with Crippen molar-refractivity contribution in [3.05, 3.63) is 68.9 Å². The lowest BCUT2D eigenvalue weighted by Crippen LogP contribution is -2.22. The number of benzene rings is 2. The van der Waals surface area contributed by atoms with Gasteiger partial charge in [0, 0.05) is 9.86 Å². The van der Waals surface area contributed by atoms with Crippen LogP contribution >= 0.6 is 15.9 Å². The second-order valence-corrected chi connectivity index (χ2v) is 5.49. The van der Waals surface area contributed by atoms with Crippen molar-refractivity contribution >= 4 is 32.5 Å². The molecule has 0 saturated carbocycles. The number of nitrogens with zero attached hydrogens (tertiary/aromatic N) is 2. The maximum atomic E-state index is 12.7. The van der Waals surface area contributed by atoms with Gasteiger partial charge in [-0.2, -0.15) is 5.26 Å². The SMILES string of the molecule is N#Cc1cc(Br)ccc1-n1c(N)cc2ccccc2c1=O. The average Bonchev–Trinajstić information content (AvgIpc) is 2.48. The van der Waals surface area contributed by atoms with E-state index in [1.807, 2.05) is 12.1 Å². The van der Waals surface area contributed by atoms with E-state index in [1.54, 1.807) is 36.4 Å². The van der Waals surface area contributed by atoms with Crippen LogP contribution in [0.3, 0.4) is 0 Å². The molecule has 0 aliphatic carbocycles. The van der Waals surface area contributed by atoms with E-state index in [9.17, 15) is 10.1 Å². The lowest BCUT2D eigenvalue weighted by atomic mass is 10.1. The maximum absolute atomic E-state index is 12.7. The molecule has 4 nitrogen and oxygen atoms in total. The Morgan fingerprint density at radius 1 is 1.14 bits per heavy atom. The Hall–Kier alpha value is -2.58. The molecule has 0 saturated heterocycles. The fourth-order valence-corrected chi connectivity index (χ4v) is 2.68. The number of hydrogen-bond donors (Lipinski definition) is 1. The Morgan fingerprint density at radius 3 is 2.67 bits per heavy atom. The maximum Gasteiger partial charge on any atom is 0.264 e. The van der Waals surface area contributed by atoms with Gasteiger partial charge in [-0.1, -0.05) is 34.1 Å². The van der Waals surface area contributed by atoms with E-state index in [1.165, 1.54) is 4.57 Å². The summed E-state index contributed by atoms with van der Waals surface area (Å²) in [6.45, 7) is 0. The average molecular weight is 340 g/mol. The minimum Gasteiger partial charge on any atom is -0.385 e. The van der Waals surface area contributed by atoms with E-state index in [0.29, 0.717) is 22.5 Å². The molecule has 2 N–H and O–H groups in total. The summed E-state index contributed by atoms with van der Waals surface area (Å²) in [5.41, 5.74) is 6.65. The first kappa shape index (κ1) is 13.4. The molecule has 3 rings (SSSR count). The van der Waals surface area contributed by atoms with Crippen molar-refractivity contribution in [2.75, 3.05) is 5.73 Å². The van der Waals surface area contributed by atoms with Crippen LogP contribution in [-0.4, -0.2) is 4.57 Å². The minimum absolute atomic E-state index is 0.232. The van der Waals surface area contributed by atoms with Crippen LogP contribution in [0.2, 0.25) is 0 Å². The predicted molar refractivity (Wildman–Crippen MR) is 86.4 cm³/mol. The van der Waals surface area contributed by atoms with Crippen LogP contribution in [0.5, 0.6) is 0 Å². The molecule has 0 atom stereocenters. The number of nitriles is 1. The second kappa shape index (κ2) is 5.08. The third kappa shape index (κ3) is 2.20. The van der Waals surface area contributed by atoms with Crippen LogP contribution in [0, 0.1) is 11.3 Å². The molecule has 2 aromatic carbocycles. The van der Waals surface area contributed by atoms with Crippen LogP contribution in [-0.2, 0) is 0 Å². The number of pyridine rings is 1. The fraction of sp³-hybridized carbons (Fsp3) is 0. The normalized spacial score (nSPS) is 10.5. The molecule has 0 aliphatic rings. The molecule has 21 heavy (non-hydrogen) atoms. The molecule has 0 bridgehead atoms. The molecular formula is C16H10BrN3O. The van der Waals surface area contributed by atoms with Gasteiger partial charge in [0.15, 0.2) is 0 Å². The quantitative estimate of drug-likeness (QED) is 0.739. The Kier molecular flexibility index (Phi) is 3.24. The predicted octanol–water partition coefficient (Wildman–Crippen LogP) is 3.21. The summed E-state index contributed by atoms with van der Waals surface area (Å²) in [6.07, 6.45) is 0. The lowest BCUT2D eigenvalue weighted by molar-refractivity contribution is 1.02. The van der Waals surface area contributed by atoms with Crippen molar-refractivity contribution in [1.82, 2.24) is 4.57 Å². The molecule has 0 unspecified atom stereocenters. The third-order valence-corrected chi connectivity index (χ3v) is 3.77. The van der Waals surface area contributed by atoms with E-state index in [-0.39, 0.29) is 5.56 Å². The monoisotopic (exact) mass is 339 g/mol. The van der Waals surface area contributed by atoms with Gasteiger partial charge in [0.05, 0.1) is 11.3 Å². The van der Waals surface area contributed by atoms with E-state index >= 15 is 0 Å². The van der Waals surface area contributed by atoms with Gasteiger partial charge in [0.25, 0.3) is 5.56 Å². The smallest absolute Gasteiger partial charge is 0.264 e. The summed E-state index contributed by atoms with van der Waals surface area (Å²) in [5, 5.41) is 10.6. The first-order chi connectivity index (χ1) is 10.1. The Balaban J connectivity index is 2.42. The Morgan fingerprint density at radius 2 is 1.90 bits per heavy atom. The molecular weight excluding hydrogens is 330 g/mol. The van der Waals surface area contributed by atoms with Gasteiger partial charge < -0.3 is 5.73 Å². The molecule has 5 heteroatoms. The van der Waals surface area contributed by atoms with Gasteiger partial charge in [0.1, 0.15) is 11.9 Å². The van der Waals surface area contributed by atoms with Crippen molar-refractivity contribution in [3.8, 4) is 11.8 Å². The van der Waals surface area contributed by atoms with Crippen LogP contribution in [0.1, 0.15) is 5.56 Å². The Labute approximate surface area is 129 Å². The van der Waals surface area contributed by atoms with Crippen molar-refractivity contribution < 1.29 is 0 Å². The number of rotatable bonds is 1. The Bertz CT molecular complexity index is 954. The molecule has 1 aromatic heterocycles. The van der Waals surface area contributed by atoms with Gasteiger partial charge in [-0.25, -0.2) is 0 Å². The van der Waals surface area contributed by atoms with Crippen LogP contribution in [0.4, 0.5) is 5.82 Å². The first-order valence-electron chi connectivity index (χ1n) is 6.22. The summed E-state index contributed by atoms with van der Waals surface area (Å²) < 4.78 is 2.14. The molecule has 0 spiro atoms. The van der Waals surface area contributed by atoms with Gasteiger partial charge in [-0.05, 0) is 35.7 Å². The van der Waals surface area contributed by atoms with Gasteiger partial charge in [0.2, 0.25) is 0 Å². The number of halogens is 1. The van der Waals surface area contributed by atoms with Gasteiger partial charge >= 0.3 is 0 Å². The number of hydrogen-bond acceptors (Lipinski definition) is 3. The van der Waals surface area contributed by atoms with Crippen LogP contribution in [0.15, 0.2) is 57.8 Å². The van der Waals surface area contributed by atoms with Crippen molar-refractivity contribution in [1.29, 1.82) is 5.26 Å². The molecule has 102 valence electrons. The standard InChI is InChI=1S/C16H10BrN3O/c17-12-5-6-14(11(7-12)9-18)20-15(19)8-10-3-1-2-4-13(10)16(20)21/h1-8H,19H2. The molecule has 0 fully saturated rings. The summed E-state index contributed by atoms with van der Waals surface area (Å²) in [7, 11) is 0. The zero-order chi connectivity index (χ0) is 15.0. The molecule has 1 heterocycles. The molecule has 0 radical (unpaired) electrons. The fourth-order valence-electron chi connectivity index (χ4n) is 2.32. The van der Waals surface area contributed by atoms with Crippen molar-refractivity contribution in [2.45, 2.75) is 0 Å². The number of aromatic nitrogens is 1. The molecule has 0 amide bonds. The van der Waals surface area contributed by atoms with Gasteiger partial charge in [-0.3, -0.25) is 9.36 Å². The number of nitrogen functional groups attached to an aromatic ring is 1. The van der Waals surface area contributed by atoms with Crippen molar-refractivity contribution in [3.63, 3.8) is 0 Å². The highest BCUT2D eigenvalue weighted by molar-refractivity contribution is 9.10. The van der Waals surface area contributed by atoms with E-state index in [4.69, 9.17) is 5.73 Å². The molecule has 0 aliphatic heterocycles. The van der Waals surface area contributed by atoms with E-state index in [2.05, 4.69) is 22.0 Å².